The van der Waals surface area contributed by atoms with Crippen LogP contribution in [0, 0.1) is 5.82 Å². The molecule has 5 heteroatoms. The standard InChI is InChI=1S/C18H19ClFNO2/c1-12(13-7-9-14(23-3)10-8-13)21(2)18(22)11-15-16(19)5-4-6-17(15)20/h4-10,12H,11H2,1-3H3. The summed E-state index contributed by atoms with van der Waals surface area (Å²) >= 11 is 5.98. The first kappa shape index (κ1) is 17.3. The molecule has 0 aromatic heterocycles. The van der Waals surface area contributed by atoms with Gasteiger partial charge in [0.05, 0.1) is 19.6 Å². The number of carbonyl (C=O) groups excluding carboxylic acids is 1. The highest BCUT2D eigenvalue weighted by molar-refractivity contribution is 6.31. The van der Waals surface area contributed by atoms with E-state index in [0.29, 0.717) is 0 Å². The highest BCUT2D eigenvalue weighted by Crippen LogP contribution is 2.24. The van der Waals surface area contributed by atoms with Gasteiger partial charge >= 0.3 is 0 Å². The third kappa shape index (κ3) is 4.02. The minimum atomic E-state index is -0.462. The number of hydrogen-bond donors (Lipinski definition) is 0. The fourth-order valence-corrected chi connectivity index (χ4v) is 2.53. The van der Waals surface area contributed by atoms with Crippen LogP contribution in [0.15, 0.2) is 42.5 Å². The second kappa shape index (κ2) is 7.47. The monoisotopic (exact) mass is 335 g/mol. The minimum absolute atomic E-state index is 0.0670. The van der Waals surface area contributed by atoms with Gasteiger partial charge in [-0.3, -0.25) is 4.79 Å². The van der Waals surface area contributed by atoms with Gasteiger partial charge in [0.2, 0.25) is 5.91 Å². The molecule has 122 valence electrons. The van der Waals surface area contributed by atoms with E-state index in [1.54, 1.807) is 25.1 Å². The summed E-state index contributed by atoms with van der Waals surface area (Å²) in [6.07, 6.45) is -0.0670. The van der Waals surface area contributed by atoms with E-state index >= 15 is 0 Å². The van der Waals surface area contributed by atoms with Crippen molar-refractivity contribution in [3.63, 3.8) is 0 Å². The van der Waals surface area contributed by atoms with Crippen LogP contribution in [-0.4, -0.2) is 25.0 Å². The predicted octanol–water partition coefficient (Wildman–Crippen LogP) is 4.25. The van der Waals surface area contributed by atoms with Crippen molar-refractivity contribution < 1.29 is 13.9 Å². The summed E-state index contributed by atoms with van der Waals surface area (Å²) in [4.78, 5) is 14.0. The van der Waals surface area contributed by atoms with Gasteiger partial charge in [0.1, 0.15) is 11.6 Å². The lowest BCUT2D eigenvalue weighted by molar-refractivity contribution is -0.131. The van der Waals surface area contributed by atoms with E-state index in [0.717, 1.165) is 11.3 Å². The van der Waals surface area contributed by atoms with Gasteiger partial charge in [0, 0.05) is 17.6 Å². The van der Waals surface area contributed by atoms with E-state index in [9.17, 15) is 9.18 Å². The molecule has 2 aromatic carbocycles. The summed E-state index contributed by atoms with van der Waals surface area (Å²) < 4.78 is 18.9. The first-order chi connectivity index (χ1) is 10.9. The zero-order chi connectivity index (χ0) is 17.0. The zero-order valence-electron chi connectivity index (χ0n) is 13.3. The molecule has 0 heterocycles. The summed E-state index contributed by atoms with van der Waals surface area (Å²) in [5.74, 6) is 0.102. The highest BCUT2D eigenvalue weighted by atomic mass is 35.5. The summed E-state index contributed by atoms with van der Waals surface area (Å²) in [6.45, 7) is 1.92. The van der Waals surface area contributed by atoms with E-state index in [1.807, 2.05) is 31.2 Å². The van der Waals surface area contributed by atoms with Crippen molar-refractivity contribution in [3.05, 3.63) is 64.4 Å². The van der Waals surface area contributed by atoms with Crippen molar-refractivity contribution in [3.8, 4) is 5.75 Å². The maximum atomic E-state index is 13.8. The van der Waals surface area contributed by atoms with Gasteiger partial charge in [0.15, 0.2) is 0 Å². The summed E-state index contributed by atoms with van der Waals surface area (Å²) in [5, 5.41) is 0.267. The Morgan fingerprint density at radius 3 is 2.48 bits per heavy atom. The minimum Gasteiger partial charge on any atom is -0.497 e. The van der Waals surface area contributed by atoms with Crippen LogP contribution in [0.25, 0.3) is 0 Å². The van der Waals surface area contributed by atoms with Crippen molar-refractivity contribution in [1.82, 2.24) is 4.90 Å². The summed E-state index contributed by atoms with van der Waals surface area (Å²) in [7, 11) is 3.30. The maximum absolute atomic E-state index is 13.8. The molecule has 0 radical (unpaired) electrons. The average molecular weight is 336 g/mol. The van der Waals surface area contributed by atoms with Gasteiger partial charge in [-0.05, 0) is 36.8 Å². The number of methoxy groups -OCH3 is 1. The molecule has 1 amide bonds. The van der Waals surface area contributed by atoms with Crippen molar-refractivity contribution in [1.29, 1.82) is 0 Å². The number of rotatable bonds is 5. The van der Waals surface area contributed by atoms with Gasteiger partial charge in [-0.1, -0.05) is 29.8 Å². The predicted molar refractivity (Wildman–Crippen MR) is 89.3 cm³/mol. The molecule has 0 N–H and O–H groups in total. The van der Waals surface area contributed by atoms with Crippen LogP contribution in [0.4, 0.5) is 4.39 Å². The van der Waals surface area contributed by atoms with Gasteiger partial charge in [-0.25, -0.2) is 4.39 Å². The number of amides is 1. The normalized spacial score (nSPS) is 11.9. The van der Waals surface area contributed by atoms with E-state index in [4.69, 9.17) is 16.3 Å². The summed E-state index contributed by atoms with van der Waals surface area (Å²) in [5.41, 5.74) is 1.20. The lowest BCUT2D eigenvalue weighted by Crippen LogP contribution is -2.31. The van der Waals surface area contributed by atoms with Crippen LogP contribution >= 0.6 is 11.6 Å². The Morgan fingerprint density at radius 2 is 1.91 bits per heavy atom. The first-order valence-electron chi connectivity index (χ1n) is 7.26. The lowest BCUT2D eigenvalue weighted by atomic mass is 10.1. The lowest BCUT2D eigenvalue weighted by Gasteiger charge is -2.26. The molecule has 0 saturated heterocycles. The molecule has 1 atom stereocenters. The van der Waals surface area contributed by atoms with Crippen LogP contribution in [0.2, 0.25) is 5.02 Å². The third-order valence-electron chi connectivity index (χ3n) is 3.96. The van der Waals surface area contributed by atoms with Crippen LogP contribution in [0.3, 0.4) is 0 Å². The number of hydrogen-bond acceptors (Lipinski definition) is 2. The summed E-state index contributed by atoms with van der Waals surface area (Å²) in [6, 6.07) is 11.8. The fourth-order valence-electron chi connectivity index (χ4n) is 2.30. The SMILES string of the molecule is COc1ccc(C(C)N(C)C(=O)Cc2c(F)cccc2Cl)cc1. The number of benzene rings is 2. The molecule has 2 rings (SSSR count). The average Bonchev–Trinajstić information content (AvgIpc) is 2.57. The molecule has 0 aliphatic carbocycles. The first-order valence-corrected chi connectivity index (χ1v) is 7.64. The fraction of sp³-hybridized carbons (Fsp3) is 0.278. The number of halogens is 2. The topological polar surface area (TPSA) is 29.5 Å². The maximum Gasteiger partial charge on any atom is 0.227 e. The second-order valence-electron chi connectivity index (χ2n) is 5.33. The molecule has 0 saturated carbocycles. The molecule has 2 aromatic rings. The Bertz CT molecular complexity index is 668. The van der Waals surface area contributed by atoms with Gasteiger partial charge in [-0.2, -0.15) is 0 Å². The molecule has 0 spiro atoms. The van der Waals surface area contributed by atoms with E-state index in [2.05, 4.69) is 0 Å². The van der Waals surface area contributed by atoms with Crippen LogP contribution < -0.4 is 4.74 Å². The molecule has 0 aliphatic heterocycles. The van der Waals surface area contributed by atoms with Crippen LogP contribution in [0.1, 0.15) is 24.1 Å². The zero-order valence-corrected chi connectivity index (χ0v) is 14.1. The smallest absolute Gasteiger partial charge is 0.227 e. The Kier molecular flexibility index (Phi) is 5.61. The number of nitrogens with zero attached hydrogens (tertiary/aromatic N) is 1. The van der Waals surface area contributed by atoms with Crippen molar-refractivity contribution in [2.75, 3.05) is 14.2 Å². The Hall–Kier alpha value is -2.07. The number of likely N-dealkylation sites (N-methyl/N-ethyl adjacent to an activating group) is 1. The Morgan fingerprint density at radius 1 is 1.26 bits per heavy atom. The highest BCUT2D eigenvalue weighted by Gasteiger charge is 2.20. The van der Waals surface area contributed by atoms with E-state index in [-0.39, 0.29) is 29.0 Å². The number of ether oxygens (including phenoxy) is 1. The van der Waals surface area contributed by atoms with Gasteiger partial charge in [-0.15, -0.1) is 0 Å². The van der Waals surface area contributed by atoms with Crippen molar-refractivity contribution in [2.24, 2.45) is 0 Å². The molecule has 0 bridgehead atoms. The Balaban J connectivity index is 2.12. The molecule has 0 fully saturated rings. The molecule has 23 heavy (non-hydrogen) atoms. The molecular weight excluding hydrogens is 317 g/mol. The second-order valence-corrected chi connectivity index (χ2v) is 5.74. The quantitative estimate of drug-likeness (QED) is 0.817. The third-order valence-corrected chi connectivity index (χ3v) is 4.32. The van der Waals surface area contributed by atoms with Crippen LogP contribution in [-0.2, 0) is 11.2 Å². The van der Waals surface area contributed by atoms with Crippen LogP contribution in [0.5, 0.6) is 5.75 Å². The number of carbonyl (C=O) groups is 1. The largest absolute Gasteiger partial charge is 0.497 e. The van der Waals surface area contributed by atoms with Crippen molar-refractivity contribution in [2.45, 2.75) is 19.4 Å². The molecular formula is C18H19ClFNO2. The molecule has 1 unspecified atom stereocenters. The van der Waals surface area contributed by atoms with E-state index < -0.39 is 5.82 Å². The van der Waals surface area contributed by atoms with Gasteiger partial charge < -0.3 is 9.64 Å². The molecule has 3 nitrogen and oxygen atoms in total. The Labute approximate surface area is 140 Å². The van der Waals surface area contributed by atoms with Gasteiger partial charge in [0.25, 0.3) is 0 Å². The molecule has 0 aliphatic rings. The van der Waals surface area contributed by atoms with Crippen molar-refractivity contribution >= 4 is 17.5 Å². The van der Waals surface area contributed by atoms with E-state index in [1.165, 1.54) is 12.1 Å².